The molecule has 7 heteroatoms. The first kappa shape index (κ1) is 40.0. The summed E-state index contributed by atoms with van der Waals surface area (Å²) >= 11 is 0. The summed E-state index contributed by atoms with van der Waals surface area (Å²) in [6, 6.07) is 72.9. The molecule has 0 amide bonds. The van der Waals surface area contributed by atoms with E-state index in [9.17, 15) is 0 Å². The Hall–Kier alpha value is -8.81. The molecule has 0 N–H and O–H groups in total. The highest BCUT2D eigenvalue weighted by Crippen LogP contribution is 2.37. The maximum absolute atomic E-state index is 5.13. The number of benzene rings is 8. The molecule has 0 unspecified atom stereocenters. The van der Waals surface area contributed by atoms with Crippen LogP contribution < -0.4 is 0 Å². The van der Waals surface area contributed by atoms with Crippen LogP contribution >= 0.6 is 0 Å². The molecule has 0 aliphatic heterocycles. The maximum atomic E-state index is 5.13. The van der Waals surface area contributed by atoms with Crippen molar-refractivity contribution in [2.24, 2.45) is 0 Å². The Morgan fingerprint density at radius 2 is 0.500 bits per heavy atom. The summed E-state index contributed by atoms with van der Waals surface area (Å²) in [5.41, 5.74) is 13.7. The third-order valence-electron chi connectivity index (χ3n) is 11.6. The lowest BCUT2D eigenvalue weighted by Gasteiger charge is -2.14. The molecule has 0 radical (unpaired) electrons. The van der Waals surface area contributed by atoms with Crippen molar-refractivity contribution in [2.45, 2.75) is 13.8 Å². The summed E-state index contributed by atoms with van der Waals surface area (Å²) < 4.78 is 0. The number of fused-ring (bicyclic) bond motifs is 1. The fraction of sp³-hybridized carbons (Fsp3) is 0.0339. The molecule has 8 aromatic carbocycles. The van der Waals surface area contributed by atoms with Gasteiger partial charge in [-0.1, -0.05) is 164 Å². The van der Waals surface area contributed by atoms with Gasteiger partial charge in [0.25, 0.3) is 0 Å². The normalized spacial score (nSPS) is 11.2. The average molecular weight is 848 g/mol. The second kappa shape index (κ2) is 17.4. The van der Waals surface area contributed by atoms with Crippen molar-refractivity contribution >= 4 is 10.8 Å². The van der Waals surface area contributed by atoms with Crippen LogP contribution in [-0.2, 0) is 0 Å². The van der Waals surface area contributed by atoms with Gasteiger partial charge in [-0.2, -0.15) is 0 Å². The van der Waals surface area contributed by atoms with Crippen molar-refractivity contribution in [1.82, 2.24) is 34.9 Å². The fourth-order valence-electron chi connectivity index (χ4n) is 8.42. The molecule has 0 fully saturated rings. The van der Waals surface area contributed by atoms with Crippen molar-refractivity contribution in [3.8, 4) is 102 Å². The molecule has 11 rings (SSSR count). The number of pyridine rings is 1. The summed E-state index contributed by atoms with van der Waals surface area (Å²) in [5, 5.41) is 2.29. The van der Waals surface area contributed by atoms with Crippen LogP contribution in [0.3, 0.4) is 0 Å². The zero-order chi connectivity index (χ0) is 44.4. The molecule has 66 heavy (non-hydrogen) atoms. The number of hydrogen-bond acceptors (Lipinski definition) is 7. The molecule has 0 saturated carbocycles. The van der Waals surface area contributed by atoms with Gasteiger partial charge in [-0.05, 0) is 107 Å². The van der Waals surface area contributed by atoms with Crippen LogP contribution in [0.5, 0.6) is 0 Å². The molecule has 3 heterocycles. The van der Waals surface area contributed by atoms with Crippen LogP contribution in [0.1, 0.15) is 11.4 Å². The molecule has 0 aliphatic rings. The molecule has 0 atom stereocenters. The lowest BCUT2D eigenvalue weighted by Crippen LogP contribution is -2.00. The predicted molar refractivity (Wildman–Crippen MR) is 267 cm³/mol. The van der Waals surface area contributed by atoms with Crippen molar-refractivity contribution in [3.05, 3.63) is 224 Å². The van der Waals surface area contributed by atoms with Crippen LogP contribution in [0.2, 0.25) is 0 Å². The number of rotatable bonds is 9. The summed E-state index contributed by atoms with van der Waals surface area (Å²) in [6.07, 6.45) is 0. The second-order valence-electron chi connectivity index (χ2n) is 16.4. The highest BCUT2D eigenvalue weighted by Gasteiger charge is 2.17. The lowest BCUT2D eigenvalue weighted by molar-refractivity contribution is 1.07. The summed E-state index contributed by atoms with van der Waals surface area (Å²) in [6.45, 7) is 4.09. The molecule has 312 valence electrons. The van der Waals surface area contributed by atoms with Gasteiger partial charge in [0.1, 0.15) is 0 Å². The Morgan fingerprint density at radius 3 is 0.939 bits per heavy atom. The van der Waals surface area contributed by atoms with E-state index in [0.29, 0.717) is 34.9 Å². The third-order valence-corrected chi connectivity index (χ3v) is 11.6. The van der Waals surface area contributed by atoms with E-state index in [2.05, 4.69) is 121 Å². The predicted octanol–water partition coefficient (Wildman–Crippen LogP) is 14.2. The molecule has 0 bridgehead atoms. The van der Waals surface area contributed by atoms with Gasteiger partial charge >= 0.3 is 0 Å². The molecule has 7 nitrogen and oxygen atoms in total. The number of aryl methyl sites for hydroxylation is 2. The van der Waals surface area contributed by atoms with Crippen LogP contribution in [0.4, 0.5) is 0 Å². The third kappa shape index (κ3) is 8.37. The van der Waals surface area contributed by atoms with Crippen LogP contribution in [0.15, 0.2) is 212 Å². The Balaban J connectivity index is 1.04. The van der Waals surface area contributed by atoms with Crippen molar-refractivity contribution < 1.29 is 0 Å². The number of nitrogens with zero attached hydrogens (tertiary/aromatic N) is 7. The Kier molecular flexibility index (Phi) is 10.5. The summed E-state index contributed by atoms with van der Waals surface area (Å²) in [7, 11) is 0. The average Bonchev–Trinajstić information content (AvgIpc) is 3.38. The Labute approximate surface area is 383 Å². The quantitative estimate of drug-likeness (QED) is 0.143. The van der Waals surface area contributed by atoms with Gasteiger partial charge in [0, 0.05) is 44.8 Å². The molecular weight excluding hydrogens is 807 g/mol. The molecule has 11 aromatic rings. The number of hydrogen-bond donors (Lipinski definition) is 0. The summed E-state index contributed by atoms with van der Waals surface area (Å²) in [5.74, 6) is 3.68. The SMILES string of the molecule is Cc1cc(-c2cc(-c3cccc(-c4nc(-c5ccccc5)nc(-c5ccccc5)n4)c3)cc(-c3cccc(-c4nc(-c5ccccc5)nc(-c5ccc6ccccc6c5)n4)c3)c2)cc(C)n1. The minimum Gasteiger partial charge on any atom is -0.258 e. The topological polar surface area (TPSA) is 90.2 Å². The van der Waals surface area contributed by atoms with Gasteiger partial charge < -0.3 is 0 Å². The minimum absolute atomic E-state index is 0.598. The maximum Gasteiger partial charge on any atom is 0.164 e. The molecule has 3 aromatic heterocycles. The molecular formula is C59H41N7. The van der Waals surface area contributed by atoms with E-state index in [1.807, 2.05) is 105 Å². The van der Waals surface area contributed by atoms with Crippen molar-refractivity contribution in [3.63, 3.8) is 0 Å². The van der Waals surface area contributed by atoms with Crippen molar-refractivity contribution in [1.29, 1.82) is 0 Å². The standard InChI is InChI=1S/C59H41N7/c1-38-30-50(31-39(2)60-38)53-36-51(45-24-14-26-47(33-45)57-62-54(41-17-6-3-7-18-41)61-55(63-57)42-19-8-4-9-20-42)35-52(37-53)46-25-15-27-48(34-46)58-64-56(43-21-10-5-11-22-43)65-59(66-58)49-29-28-40-16-12-13-23-44(40)32-49/h3-37H,1-2H3. The zero-order valence-corrected chi connectivity index (χ0v) is 36.3. The van der Waals surface area contributed by atoms with Gasteiger partial charge in [-0.25, -0.2) is 29.9 Å². The highest BCUT2D eigenvalue weighted by atomic mass is 15.0. The van der Waals surface area contributed by atoms with E-state index in [1.54, 1.807) is 0 Å². The van der Waals surface area contributed by atoms with E-state index in [0.717, 1.165) is 88.9 Å². The lowest BCUT2D eigenvalue weighted by atomic mass is 9.92. The van der Waals surface area contributed by atoms with Crippen LogP contribution in [0.25, 0.3) is 112 Å². The van der Waals surface area contributed by atoms with Crippen LogP contribution in [-0.4, -0.2) is 34.9 Å². The molecule has 0 aliphatic carbocycles. The van der Waals surface area contributed by atoms with E-state index < -0.39 is 0 Å². The largest absolute Gasteiger partial charge is 0.258 e. The van der Waals surface area contributed by atoms with Crippen molar-refractivity contribution in [2.75, 3.05) is 0 Å². The van der Waals surface area contributed by atoms with Gasteiger partial charge in [0.05, 0.1) is 0 Å². The van der Waals surface area contributed by atoms with Gasteiger partial charge in [-0.3, -0.25) is 4.98 Å². The summed E-state index contributed by atoms with van der Waals surface area (Å²) in [4.78, 5) is 35.0. The minimum atomic E-state index is 0.598. The molecule has 0 spiro atoms. The van der Waals surface area contributed by atoms with Gasteiger partial charge in [0.2, 0.25) is 0 Å². The fourth-order valence-corrected chi connectivity index (χ4v) is 8.42. The van der Waals surface area contributed by atoms with Crippen LogP contribution in [0, 0.1) is 13.8 Å². The first-order chi connectivity index (χ1) is 32.5. The van der Waals surface area contributed by atoms with Gasteiger partial charge in [-0.15, -0.1) is 0 Å². The van der Waals surface area contributed by atoms with Gasteiger partial charge in [0.15, 0.2) is 34.9 Å². The van der Waals surface area contributed by atoms with E-state index in [4.69, 9.17) is 34.9 Å². The molecule has 0 saturated heterocycles. The first-order valence-corrected chi connectivity index (χ1v) is 22.0. The smallest absolute Gasteiger partial charge is 0.164 e. The second-order valence-corrected chi connectivity index (χ2v) is 16.4. The van der Waals surface area contributed by atoms with E-state index in [1.165, 1.54) is 0 Å². The van der Waals surface area contributed by atoms with E-state index >= 15 is 0 Å². The number of aromatic nitrogens is 7. The zero-order valence-electron chi connectivity index (χ0n) is 36.3. The van der Waals surface area contributed by atoms with E-state index in [-0.39, 0.29) is 0 Å². The Bertz CT molecular complexity index is 3480. The monoisotopic (exact) mass is 847 g/mol. The highest BCUT2D eigenvalue weighted by molar-refractivity contribution is 5.87. The first-order valence-electron chi connectivity index (χ1n) is 22.0. The Morgan fingerprint density at radius 1 is 0.197 bits per heavy atom.